The Kier molecular flexibility index (Phi) is 5.62. The molecule has 1 aliphatic rings. The van der Waals surface area contributed by atoms with E-state index >= 15 is 0 Å². The number of para-hydroxylation sites is 2. The van der Waals surface area contributed by atoms with Crippen LogP contribution in [0.2, 0.25) is 0 Å². The van der Waals surface area contributed by atoms with E-state index in [4.69, 9.17) is 0 Å². The van der Waals surface area contributed by atoms with Crippen LogP contribution in [0.3, 0.4) is 0 Å². The average molecular weight is 458 g/mol. The molecule has 10 heteroatoms. The van der Waals surface area contributed by atoms with Gasteiger partial charge in [0.25, 0.3) is 11.8 Å². The van der Waals surface area contributed by atoms with Gasteiger partial charge in [-0.2, -0.15) is 0 Å². The molecule has 0 atom stereocenters. The minimum absolute atomic E-state index is 0.140. The molecule has 0 bridgehead atoms. The molecule has 1 fully saturated rings. The summed E-state index contributed by atoms with van der Waals surface area (Å²) in [6.07, 6.45) is 1.95. The number of carbonyl (C=O) groups is 2. The molecule has 2 aromatic heterocycles. The van der Waals surface area contributed by atoms with Gasteiger partial charge in [-0.3, -0.25) is 9.59 Å². The molecule has 1 aliphatic carbocycles. The van der Waals surface area contributed by atoms with Gasteiger partial charge in [0.1, 0.15) is 0 Å². The summed E-state index contributed by atoms with van der Waals surface area (Å²) in [4.78, 5) is 30.7. The van der Waals surface area contributed by atoms with Crippen LogP contribution in [0.5, 0.6) is 11.8 Å². The Hall–Kier alpha value is -4.34. The van der Waals surface area contributed by atoms with Crippen molar-refractivity contribution >= 4 is 45.0 Å². The molecule has 0 spiro atoms. The third kappa shape index (κ3) is 4.05. The summed E-state index contributed by atoms with van der Waals surface area (Å²) >= 11 is 0. The smallest absolute Gasteiger partial charge is 0.267 e. The fourth-order valence-corrected chi connectivity index (χ4v) is 4.38. The zero-order valence-corrected chi connectivity index (χ0v) is 18.1. The van der Waals surface area contributed by atoms with Gasteiger partial charge in [-0.1, -0.05) is 36.4 Å². The largest absolute Gasteiger partial charge is 0.493 e. The highest BCUT2D eigenvalue weighted by molar-refractivity contribution is 5.95. The van der Waals surface area contributed by atoms with Crippen molar-refractivity contribution in [3.05, 3.63) is 48.5 Å². The number of aromatic nitrogens is 2. The summed E-state index contributed by atoms with van der Waals surface area (Å²) in [6.45, 7) is 0. The van der Waals surface area contributed by atoms with Crippen molar-refractivity contribution in [3.8, 4) is 11.8 Å². The van der Waals surface area contributed by atoms with Gasteiger partial charge in [-0.05, 0) is 37.8 Å². The molecule has 172 valence electrons. The van der Waals surface area contributed by atoms with Gasteiger partial charge >= 0.3 is 0 Å². The van der Waals surface area contributed by atoms with Crippen LogP contribution in [0.25, 0.3) is 21.8 Å². The second-order valence-electron chi connectivity index (χ2n) is 8.36. The first-order chi connectivity index (χ1) is 16.5. The van der Waals surface area contributed by atoms with Crippen molar-refractivity contribution in [2.75, 3.05) is 0 Å². The SMILES string of the molecule is O=C(N=Nc1c(O)[nH]c2ccccc12)C1CCC(C(=O)N=Nc2c(O)[nH]c3ccccc23)CC1. The fourth-order valence-electron chi connectivity index (χ4n) is 4.38. The maximum Gasteiger partial charge on any atom is 0.267 e. The maximum absolute atomic E-state index is 12.5. The summed E-state index contributed by atoms with van der Waals surface area (Å²) in [6, 6.07) is 14.4. The molecule has 0 unspecified atom stereocenters. The molecule has 4 N–H and O–H groups in total. The van der Waals surface area contributed by atoms with Crippen LogP contribution in [0.15, 0.2) is 69.0 Å². The van der Waals surface area contributed by atoms with Crippen LogP contribution >= 0.6 is 0 Å². The minimum Gasteiger partial charge on any atom is -0.493 e. The van der Waals surface area contributed by atoms with E-state index in [1.165, 1.54) is 0 Å². The van der Waals surface area contributed by atoms with Gasteiger partial charge in [0.2, 0.25) is 11.8 Å². The van der Waals surface area contributed by atoms with Crippen molar-refractivity contribution in [1.29, 1.82) is 0 Å². The number of aromatic hydroxyl groups is 2. The number of aromatic amines is 2. The zero-order valence-electron chi connectivity index (χ0n) is 18.1. The number of amides is 2. The fraction of sp³-hybridized carbons (Fsp3) is 0.250. The molecule has 0 aliphatic heterocycles. The van der Waals surface area contributed by atoms with E-state index in [1.54, 1.807) is 24.3 Å². The second kappa shape index (κ2) is 8.89. The number of H-pyrrole nitrogens is 2. The highest BCUT2D eigenvalue weighted by Crippen LogP contribution is 2.37. The zero-order chi connectivity index (χ0) is 23.7. The number of rotatable bonds is 4. The first kappa shape index (κ1) is 21.5. The second-order valence-corrected chi connectivity index (χ2v) is 8.36. The van der Waals surface area contributed by atoms with Gasteiger partial charge in [0.05, 0.1) is 11.0 Å². The van der Waals surface area contributed by atoms with E-state index in [9.17, 15) is 19.8 Å². The van der Waals surface area contributed by atoms with Crippen LogP contribution in [0, 0.1) is 11.8 Å². The number of carbonyl (C=O) groups excluding carboxylic acids is 2. The number of benzene rings is 2. The molecule has 0 saturated heterocycles. The van der Waals surface area contributed by atoms with Gasteiger partial charge in [0, 0.05) is 22.6 Å². The standard InChI is InChI=1S/C24H22N6O4/c31-21(29-27-19-15-5-1-3-7-17(15)25-23(19)33)13-9-11-14(12-10-13)22(32)30-28-20-16-6-2-4-8-18(16)26-24(20)34/h1-8,13-14,25-26,33-34H,9-12H2. The van der Waals surface area contributed by atoms with E-state index in [0.717, 1.165) is 0 Å². The summed E-state index contributed by atoms with van der Waals surface area (Å²) in [5.74, 6) is -1.70. The Bertz CT molecular complexity index is 1330. The topological polar surface area (TPSA) is 156 Å². The Morgan fingerprint density at radius 1 is 0.676 bits per heavy atom. The van der Waals surface area contributed by atoms with E-state index in [0.29, 0.717) is 47.5 Å². The molecule has 4 aromatic rings. The maximum atomic E-state index is 12.5. The summed E-state index contributed by atoms with van der Waals surface area (Å²) in [5.41, 5.74) is 1.87. The molecule has 0 radical (unpaired) electrons. The monoisotopic (exact) mass is 458 g/mol. The number of fused-ring (bicyclic) bond motifs is 2. The van der Waals surface area contributed by atoms with Crippen molar-refractivity contribution in [2.45, 2.75) is 25.7 Å². The third-order valence-electron chi connectivity index (χ3n) is 6.24. The van der Waals surface area contributed by atoms with E-state index < -0.39 is 0 Å². The van der Waals surface area contributed by atoms with Gasteiger partial charge in [-0.15, -0.1) is 20.5 Å². The lowest BCUT2D eigenvalue weighted by Crippen LogP contribution is -2.24. The van der Waals surface area contributed by atoms with Crippen molar-refractivity contribution in [3.63, 3.8) is 0 Å². The molecule has 2 heterocycles. The summed E-state index contributed by atoms with van der Waals surface area (Å²) in [7, 11) is 0. The predicted molar refractivity (Wildman–Crippen MR) is 124 cm³/mol. The normalized spacial score (nSPS) is 18.9. The highest BCUT2D eigenvalue weighted by Gasteiger charge is 2.30. The Balaban J connectivity index is 1.20. The number of azo groups is 2. The molecule has 1 saturated carbocycles. The Morgan fingerprint density at radius 2 is 1.06 bits per heavy atom. The molecule has 2 amide bonds. The summed E-state index contributed by atoms with van der Waals surface area (Å²) in [5, 5.41) is 37.1. The van der Waals surface area contributed by atoms with E-state index in [-0.39, 0.29) is 46.8 Å². The number of hydrogen-bond donors (Lipinski definition) is 4. The number of nitrogens with zero attached hydrogens (tertiary/aromatic N) is 4. The van der Waals surface area contributed by atoms with Gasteiger partial charge < -0.3 is 20.2 Å². The Labute approximate surface area is 193 Å². The minimum atomic E-state index is -0.374. The summed E-state index contributed by atoms with van der Waals surface area (Å²) < 4.78 is 0. The van der Waals surface area contributed by atoms with Crippen LogP contribution in [-0.2, 0) is 9.59 Å². The van der Waals surface area contributed by atoms with Gasteiger partial charge in [0.15, 0.2) is 11.4 Å². The van der Waals surface area contributed by atoms with Gasteiger partial charge in [-0.25, -0.2) is 0 Å². The third-order valence-corrected chi connectivity index (χ3v) is 6.24. The van der Waals surface area contributed by atoms with Crippen molar-refractivity contribution < 1.29 is 19.8 Å². The molecular weight excluding hydrogens is 436 g/mol. The molecular formula is C24H22N6O4. The van der Waals surface area contributed by atoms with E-state index in [2.05, 4.69) is 30.4 Å². The predicted octanol–water partition coefficient (Wildman–Crippen LogP) is 5.79. The van der Waals surface area contributed by atoms with Crippen LogP contribution in [0.1, 0.15) is 25.7 Å². The quantitative estimate of drug-likeness (QED) is 0.286. The molecule has 34 heavy (non-hydrogen) atoms. The molecule has 10 nitrogen and oxygen atoms in total. The lowest BCUT2D eigenvalue weighted by atomic mass is 9.81. The first-order valence-electron chi connectivity index (χ1n) is 11.0. The lowest BCUT2D eigenvalue weighted by molar-refractivity contribution is -0.127. The van der Waals surface area contributed by atoms with Crippen LogP contribution in [0.4, 0.5) is 11.4 Å². The molecule has 5 rings (SSSR count). The van der Waals surface area contributed by atoms with Crippen LogP contribution < -0.4 is 0 Å². The van der Waals surface area contributed by atoms with E-state index in [1.807, 2.05) is 24.3 Å². The average Bonchev–Trinajstić information content (AvgIpc) is 3.35. The Morgan fingerprint density at radius 3 is 1.47 bits per heavy atom. The molecule has 2 aromatic carbocycles. The van der Waals surface area contributed by atoms with Crippen molar-refractivity contribution in [2.24, 2.45) is 32.3 Å². The number of hydrogen-bond acceptors (Lipinski definition) is 6. The first-order valence-corrected chi connectivity index (χ1v) is 11.0. The lowest BCUT2D eigenvalue weighted by Gasteiger charge is -2.23. The number of nitrogens with one attached hydrogen (secondary N) is 2. The highest BCUT2D eigenvalue weighted by atomic mass is 16.3. The van der Waals surface area contributed by atoms with Crippen LogP contribution in [-0.4, -0.2) is 32.0 Å². The van der Waals surface area contributed by atoms with Crippen molar-refractivity contribution in [1.82, 2.24) is 9.97 Å².